The highest BCUT2D eigenvalue weighted by molar-refractivity contribution is 5.74. The Morgan fingerprint density at radius 1 is 1.29 bits per heavy atom. The van der Waals surface area contributed by atoms with Gasteiger partial charge in [0, 0.05) is 18.0 Å². The van der Waals surface area contributed by atoms with Crippen LogP contribution in [0.1, 0.15) is 10.5 Å². The number of hydrogen-bond acceptors (Lipinski definition) is 4. The average Bonchev–Trinajstić information content (AvgIpc) is 2.30. The quantitative estimate of drug-likeness (QED) is 0.662. The van der Waals surface area contributed by atoms with Gasteiger partial charge >= 0.3 is 0 Å². The molecular formula is C10H7N3O. The van der Waals surface area contributed by atoms with E-state index in [0.717, 1.165) is 5.56 Å². The second kappa shape index (κ2) is 3.74. The van der Waals surface area contributed by atoms with Gasteiger partial charge in [-0.25, -0.2) is 9.97 Å². The Hall–Kier alpha value is -2.10. The van der Waals surface area contributed by atoms with Gasteiger partial charge in [0.05, 0.1) is 5.69 Å². The number of pyridine rings is 1. The van der Waals surface area contributed by atoms with Crippen LogP contribution in [0.15, 0.2) is 36.9 Å². The Morgan fingerprint density at radius 3 is 2.93 bits per heavy atom. The molecule has 2 rings (SSSR count). The van der Waals surface area contributed by atoms with Gasteiger partial charge in [0.2, 0.25) is 0 Å². The third kappa shape index (κ3) is 1.64. The fourth-order valence-corrected chi connectivity index (χ4v) is 1.11. The van der Waals surface area contributed by atoms with Gasteiger partial charge in [0.15, 0.2) is 6.29 Å². The summed E-state index contributed by atoms with van der Waals surface area (Å²) in [4.78, 5) is 22.3. The maximum atomic E-state index is 10.5. The smallest absolute Gasteiger partial charge is 0.168 e. The van der Waals surface area contributed by atoms with Gasteiger partial charge in [-0.2, -0.15) is 0 Å². The molecule has 0 aliphatic rings. The lowest BCUT2D eigenvalue weighted by molar-refractivity contribution is 0.111. The maximum Gasteiger partial charge on any atom is 0.168 e. The molecule has 0 radical (unpaired) electrons. The fraction of sp³-hybridized carbons (Fsp3) is 0. The van der Waals surface area contributed by atoms with E-state index in [1.165, 1.54) is 6.33 Å². The van der Waals surface area contributed by atoms with Crippen LogP contribution >= 0.6 is 0 Å². The number of rotatable bonds is 2. The molecule has 0 aromatic carbocycles. The second-order valence-corrected chi connectivity index (χ2v) is 2.69. The first-order valence-electron chi connectivity index (χ1n) is 4.08. The van der Waals surface area contributed by atoms with E-state index < -0.39 is 0 Å². The average molecular weight is 185 g/mol. The molecule has 0 fully saturated rings. The maximum absolute atomic E-state index is 10.5. The van der Waals surface area contributed by atoms with E-state index in [-0.39, 0.29) is 0 Å². The monoisotopic (exact) mass is 185 g/mol. The van der Waals surface area contributed by atoms with Gasteiger partial charge in [-0.15, -0.1) is 0 Å². The molecule has 0 atom stereocenters. The van der Waals surface area contributed by atoms with Crippen molar-refractivity contribution in [3.63, 3.8) is 0 Å². The Bertz CT molecular complexity index is 442. The van der Waals surface area contributed by atoms with E-state index in [1.807, 2.05) is 12.1 Å². The van der Waals surface area contributed by atoms with Crippen molar-refractivity contribution in [2.24, 2.45) is 0 Å². The van der Waals surface area contributed by atoms with Crippen molar-refractivity contribution in [3.8, 4) is 11.3 Å². The molecule has 68 valence electrons. The SMILES string of the molecule is O=Cc1cc(-c2cccnc2)ncn1. The molecule has 0 aliphatic heterocycles. The number of nitrogens with zero attached hydrogens (tertiary/aromatic N) is 3. The highest BCUT2D eigenvalue weighted by Crippen LogP contribution is 2.13. The third-order valence-electron chi connectivity index (χ3n) is 1.77. The molecule has 0 aliphatic carbocycles. The van der Waals surface area contributed by atoms with E-state index in [9.17, 15) is 4.79 Å². The third-order valence-corrected chi connectivity index (χ3v) is 1.77. The zero-order chi connectivity index (χ0) is 9.80. The van der Waals surface area contributed by atoms with Crippen LogP contribution in [0.3, 0.4) is 0 Å². The van der Waals surface area contributed by atoms with Crippen LogP contribution in [0.5, 0.6) is 0 Å². The number of aromatic nitrogens is 3. The molecule has 0 saturated heterocycles. The van der Waals surface area contributed by atoms with Gasteiger partial charge in [0.1, 0.15) is 12.0 Å². The molecule has 2 aromatic rings. The molecule has 14 heavy (non-hydrogen) atoms. The first-order chi connectivity index (χ1) is 6.90. The number of hydrogen-bond donors (Lipinski definition) is 0. The van der Waals surface area contributed by atoms with E-state index in [2.05, 4.69) is 15.0 Å². The van der Waals surface area contributed by atoms with E-state index in [0.29, 0.717) is 17.7 Å². The van der Waals surface area contributed by atoms with Crippen LogP contribution in [-0.4, -0.2) is 21.2 Å². The molecule has 0 amide bonds. The van der Waals surface area contributed by atoms with Crippen molar-refractivity contribution in [1.82, 2.24) is 15.0 Å². The minimum absolute atomic E-state index is 0.374. The van der Waals surface area contributed by atoms with Gasteiger partial charge in [-0.3, -0.25) is 9.78 Å². The molecule has 4 nitrogen and oxygen atoms in total. The van der Waals surface area contributed by atoms with Crippen LogP contribution in [0.2, 0.25) is 0 Å². The Labute approximate surface area is 80.7 Å². The summed E-state index contributed by atoms with van der Waals surface area (Å²) in [6.07, 6.45) is 5.44. The first kappa shape index (κ1) is 8.50. The second-order valence-electron chi connectivity index (χ2n) is 2.69. The largest absolute Gasteiger partial charge is 0.296 e. The van der Waals surface area contributed by atoms with Crippen molar-refractivity contribution in [3.05, 3.63) is 42.6 Å². The summed E-state index contributed by atoms with van der Waals surface area (Å²) in [7, 11) is 0. The lowest BCUT2D eigenvalue weighted by atomic mass is 10.2. The Kier molecular flexibility index (Phi) is 2.27. The van der Waals surface area contributed by atoms with Crippen molar-refractivity contribution in [2.45, 2.75) is 0 Å². The fourth-order valence-electron chi connectivity index (χ4n) is 1.11. The summed E-state index contributed by atoms with van der Waals surface area (Å²) in [5.74, 6) is 0. The zero-order valence-electron chi connectivity index (χ0n) is 7.29. The van der Waals surface area contributed by atoms with E-state index in [1.54, 1.807) is 18.5 Å². The molecule has 0 N–H and O–H groups in total. The highest BCUT2D eigenvalue weighted by Gasteiger charge is 2.00. The summed E-state index contributed by atoms with van der Waals surface area (Å²) >= 11 is 0. The standard InChI is InChI=1S/C10H7N3O/c14-6-9-4-10(13-7-12-9)8-2-1-3-11-5-8/h1-7H. The highest BCUT2D eigenvalue weighted by atomic mass is 16.1. The van der Waals surface area contributed by atoms with Crippen molar-refractivity contribution < 1.29 is 4.79 Å². The molecule has 0 saturated carbocycles. The number of carbonyl (C=O) groups is 1. The van der Waals surface area contributed by atoms with Crippen LogP contribution < -0.4 is 0 Å². The van der Waals surface area contributed by atoms with Gasteiger partial charge in [-0.1, -0.05) is 0 Å². The molecule has 0 spiro atoms. The van der Waals surface area contributed by atoms with Gasteiger partial charge < -0.3 is 0 Å². The van der Waals surface area contributed by atoms with E-state index >= 15 is 0 Å². The normalized spacial score (nSPS) is 9.71. The summed E-state index contributed by atoms with van der Waals surface area (Å²) in [6.45, 7) is 0. The Balaban J connectivity index is 2.47. The first-order valence-corrected chi connectivity index (χ1v) is 4.08. The van der Waals surface area contributed by atoms with Crippen molar-refractivity contribution in [1.29, 1.82) is 0 Å². The van der Waals surface area contributed by atoms with Crippen LogP contribution in [0.25, 0.3) is 11.3 Å². The van der Waals surface area contributed by atoms with Crippen molar-refractivity contribution >= 4 is 6.29 Å². The molecule has 2 aromatic heterocycles. The minimum atomic E-state index is 0.374. The molecule has 0 bridgehead atoms. The van der Waals surface area contributed by atoms with Crippen LogP contribution in [0, 0.1) is 0 Å². The number of carbonyl (C=O) groups excluding carboxylic acids is 1. The number of aldehydes is 1. The topological polar surface area (TPSA) is 55.7 Å². The lowest BCUT2D eigenvalue weighted by Gasteiger charge is -1.98. The van der Waals surface area contributed by atoms with E-state index in [4.69, 9.17) is 0 Å². The molecule has 2 heterocycles. The predicted octanol–water partition coefficient (Wildman–Crippen LogP) is 1.35. The minimum Gasteiger partial charge on any atom is -0.296 e. The van der Waals surface area contributed by atoms with Gasteiger partial charge in [-0.05, 0) is 18.2 Å². The van der Waals surface area contributed by atoms with Gasteiger partial charge in [0.25, 0.3) is 0 Å². The molecule has 0 unspecified atom stereocenters. The van der Waals surface area contributed by atoms with Crippen LogP contribution in [-0.2, 0) is 0 Å². The summed E-state index contributed by atoms with van der Waals surface area (Å²) < 4.78 is 0. The summed E-state index contributed by atoms with van der Waals surface area (Å²) in [6, 6.07) is 5.33. The Morgan fingerprint density at radius 2 is 2.21 bits per heavy atom. The van der Waals surface area contributed by atoms with Crippen LogP contribution in [0.4, 0.5) is 0 Å². The lowest BCUT2D eigenvalue weighted by Crippen LogP contribution is -1.91. The summed E-state index contributed by atoms with van der Waals surface area (Å²) in [5, 5.41) is 0. The zero-order valence-corrected chi connectivity index (χ0v) is 7.29. The predicted molar refractivity (Wildman–Crippen MR) is 50.7 cm³/mol. The molecular weight excluding hydrogens is 178 g/mol. The van der Waals surface area contributed by atoms with Crippen molar-refractivity contribution in [2.75, 3.05) is 0 Å². The molecule has 4 heteroatoms. The summed E-state index contributed by atoms with van der Waals surface area (Å²) in [5.41, 5.74) is 1.95.